The van der Waals surface area contributed by atoms with Gasteiger partial charge < -0.3 is 4.74 Å². The number of hydrogen-bond donors (Lipinski definition) is 0. The summed E-state index contributed by atoms with van der Waals surface area (Å²) in [6.45, 7) is 2.22. The maximum Gasteiger partial charge on any atom is 0.348 e. The van der Waals surface area contributed by atoms with Gasteiger partial charge in [0, 0.05) is 9.75 Å². The monoisotopic (exact) mass is 316 g/mol. The van der Waals surface area contributed by atoms with Crippen LogP contribution in [0.15, 0.2) is 28.1 Å². The summed E-state index contributed by atoms with van der Waals surface area (Å²) in [6, 6.07) is 7.81. The molecule has 2 rings (SSSR count). The van der Waals surface area contributed by atoms with Gasteiger partial charge in [0.1, 0.15) is 4.88 Å². The fourth-order valence-electron chi connectivity index (χ4n) is 1.23. The third-order valence-corrected chi connectivity index (χ3v) is 4.78. The Balaban J connectivity index is 2.22. The van der Waals surface area contributed by atoms with Gasteiger partial charge in [-0.15, -0.1) is 22.7 Å². The quantitative estimate of drug-likeness (QED) is 0.784. The van der Waals surface area contributed by atoms with Crippen molar-refractivity contribution in [2.45, 2.75) is 6.92 Å². The minimum absolute atomic E-state index is 0.241. The minimum atomic E-state index is -0.241. The molecular formula is C11H9BrO2S2. The summed E-state index contributed by atoms with van der Waals surface area (Å²) in [5, 5.41) is 0. The van der Waals surface area contributed by atoms with Gasteiger partial charge in [-0.25, -0.2) is 4.79 Å². The van der Waals surface area contributed by atoms with Crippen LogP contribution in [-0.2, 0) is 4.74 Å². The van der Waals surface area contributed by atoms with Crippen LogP contribution in [0.2, 0.25) is 0 Å². The van der Waals surface area contributed by atoms with E-state index >= 15 is 0 Å². The number of ether oxygens (including phenoxy) is 1. The summed E-state index contributed by atoms with van der Waals surface area (Å²) in [5.74, 6) is -0.241. The molecule has 0 aromatic carbocycles. The van der Waals surface area contributed by atoms with Crippen molar-refractivity contribution >= 4 is 44.6 Å². The summed E-state index contributed by atoms with van der Waals surface area (Å²) >= 11 is 6.54. The zero-order valence-electron chi connectivity index (χ0n) is 8.53. The van der Waals surface area contributed by atoms with Crippen molar-refractivity contribution in [1.29, 1.82) is 0 Å². The van der Waals surface area contributed by atoms with E-state index in [1.807, 2.05) is 31.2 Å². The molecule has 0 atom stereocenters. The van der Waals surface area contributed by atoms with E-state index in [2.05, 4.69) is 15.9 Å². The van der Waals surface area contributed by atoms with Gasteiger partial charge >= 0.3 is 5.97 Å². The highest BCUT2D eigenvalue weighted by Crippen LogP contribution is 2.35. The third kappa shape index (κ3) is 2.53. The number of carbonyl (C=O) groups excluding carboxylic acids is 1. The molecule has 2 nitrogen and oxygen atoms in total. The van der Waals surface area contributed by atoms with Gasteiger partial charge in [0.2, 0.25) is 0 Å². The third-order valence-electron chi connectivity index (χ3n) is 1.90. The molecule has 2 aromatic heterocycles. The SMILES string of the molecule is CCOC(=O)c1ccc(-c2ccc(Br)s2)s1. The maximum atomic E-state index is 11.5. The van der Waals surface area contributed by atoms with Crippen LogP contribution in [0.25, 0.3) is 9.75 Å². The lowest BCUT2D eigenvalue weighted by atomic mass is 10.4. The average molecular weight is 317 g/mol. The van der Waals surface area contributed by atoms with Crippen LogP contribution in [0.5, 0.6) is 0 Å². The van der Waals surface area contributed by atoms with Gasteiger partial charge in [0.05, 0.1) is 10.4 Å². The molecule has 0 amide bonds. The van der Waals surface area contributed by atoms with E-state index in [-0.39, 0.29) is 5.97 Å². The van der Waals surface area contributed by atoms with E-state index in [9.17, 15) is 4.79 Å². The standard InChI is InChI=1S/C11H9BrO2S2/c1-2-14-11(13)9-4-3-7(15-9)8-5-6-10(12)16-8/h3-6H,2H2,1H3. The van der Waals surface area contributed by atoms with Crippen LogP contribution in [0, 0.1) is 0 Å². The van der Waals surface area contributed by atoms with Crippen LogP contribution >= 0.6 is 38.6 Å². The Morgan fingerprint density at radius 3 is 2.56 bits per heavy atom. The first-order chi connectivity index (χ1) is 7.70. The van der Waals surface area contributed by atoms with Crippen LogP contribution in [0.1, 0.15) is 16.6 Å². The highest BCUT2D eigenvalue weighted by Gasteiger charge is 2.11. The molecule has 2 aromatic rings. The van der Waals surface area contributed by atoms with Gasteiger partial charge in [-0.05, 0) is 47.1 Å². The molecule has 84 valence electrons. The second kappa shape index (κ2) is 5.12. The molecule has 0 radical (unpaired) electrons. The summed E-state index contributed by atoms with van der Waals surface area (Å²) < 4.78 is 6.04. The minimum Gasteiger partial charge on any atom is -0.462 e. The van der Waals surface area contributed by atoms with E-state index in [0.717, 1.165) is 13.5 Å². The number of hydrogen-bond acceptors (Lipinski definition) is 4. The van der Waals surface area contributed by atoms with Crippen LogP contribution in [0.4, 0.5) is 0 Å². The molecule has 0 unspecified atom stereocenters. The van der Waals surface area contributed by atoms with Crippen LogP contribution in [0.3, 0.4) is 0 Å². The summed E-state index contributed by atoms with van der Waals surface area (Å²) in [4.78, 5) is 14.4. The zero-order chi connectivity index (χ0) is 11.5. The van der Waals surface area contributed by atoms with Crippen molar-refractivity contribution in [3.8, 4) is 9.75 Å². The largest absolute Gasteiger partial charge is 0.462 e. The van der Waals surface area contributed by atoms with Gasteiger partial charge in [-0.2, -0.15) is 0 Å². The Labute approximate surface area is 110 Å². The smallest absolute Gasteiger partial charge is 0.348 e. The Kier molecular flexibility index (Phi) is 3.78. The van der Waals surface area contributed by atoms with Gasteiger partial charge in [-0.1, -0.05) is 0 Å². The molecule has 0 saturated heterocycles. The first-order valence-electron chi connectivity index (χ1n) is 4.73. The predicted molar refractivity (Wildman–Crippen MR) is 71.3 cm³/mol. The van der Waals surface area contributed by atoms with Gasteiger partial charge in [0.15, 0.2) is 0 Å². The average Bonchev–Trinajstić information content (AvgIpc) is 2.85. The number of thiophene rings is 2. The molecule has 0 saturated carbocycles. The van der Waals surface area contributed by atoms with Crippen molar-refractivity contribution in [2.75, 3.05) is 6.61 Å². The van der Waals surface area contributed by atoms with E-state index in [0.29, 0.717) is 11.5 Å². The van der Waals surface area contributed by atoms with E-state index < -0.39 is 0 Å². The van der Waals surface area contributed by atoms with Crippen molar-refractivity contribution in [3.63, 3.8) is 0 Å². The zero-order valence-corrected chi connectivity index (χ0v) is 11.7. The number of carbonyl (C=O) groups is 1. The normalized spacial score (nSPS) is 10.4. The van der Waals surface area contributed by atoms with E-state index in [1.54, 1.807) is 11.3 Å². The first-order valence-corrected chi connectivity index (χ1v) is 7.16. The fourth-order valence-corrected chi connectivity index (χ4v) is 3.61. The predicted octanol–water partition coefficient (Wildman–Crippen LogP) is 4.42. The number of esters is 1. The molecule has 0 N–H and O–H groups in total. The Morgan fingerprint density at radius 1 is 1.25 bits per heavy atom. The van der Waals surface area contributed by atoms with Crippen molar-refractivity contribution in [2.24, 2.45) is 0 Å². The highest BCUT2D eigenvalue weighted by atomic mass is 79.9. The van der Waals surface area contributed by atoms with E-state index in [4.69, 9.17) is 4.74 Å². The lowest BCUT2D eigenvalue weighted by Crippen LogP contribution is -2.01. The van der Waals surface area contributed by atoms with Crippen LogP contribution in [-0.4, -0.2) is 12.6 Å². The topological polar surface area (TPSA) is 26.3 Å². The summed E-state index contributed by atoms with van der Waals surface area (Å²) in [6.07, 6.45) is 0. The highest BCUT2D eigenvalue weighted by molar-refractivity contribution is 9.11. The maximum absolute atomic E-state index is 11.5. The summed E-state index contributed by atoms with van der Waals surface area (Å²) in [5.41, 5.74) is 0. The molecule has 0 aliphatic heterocycles. The molecule has 0 aliphatic carbocycles. The molecule has 5 heteroatoms. The molecular weight excluding hydrogens is 308 g/mol. The molecule has 2 heterocycles. The second-order valence-electron chi connectivity index (χ2n) is 2.99. The van der Waals surface area contributed by atoms with E-state index in [1.165, 1.54) is 11.3 Å². The fraction of sp³-hybridized carbons (Fsp3) is 0.182. The van der Waals surface area contributed by atoms with Gasteiger partial charge in [-0.3, -0.25) is 0 Å². The van der Waals surface area contributed by atoms with Crippen molar-refractivity contribution in [3.05, 3.63) is 32.9 Å². The summed E-state index contributed by atoms with van der Waals surface area (Å²) in [7, 11) is 0. The van der Waals surface area contributed by atoms with Gasteiger partial charge in [0.25, 0.3) is 0 Å². The lowest BCUT2D eigenvalue weighted by Gasteiger charge is -1.96. The number of halogens is 1. The first kappa shape index (κ1) is 11.8. The van der Waals surface area contributed by atoms with Crippen molar-refractivity contribution in [1.82, 2.24) is 0 Å². The molecule has 0 bridgehead atoms. The Hall–Kier alpha value is -0.650. The Morgan fingerprint density at radius 2 is 1.94 bits per heavy atom. The molecule has 0 spiro atoms. The lowest BCUT2D eigenvalue weighted by molar-refractivity contribution is 0.0532. The number of rotatable bonds is 3. The molecule has 16 heavy (non-hydrogen) atoms. The van der Waals surface area contributed by atoms with Crippen LogP contribution < -0.4 is 0 Å². The Bertz CT molecular complexity index is 502. The second-order valence-corrected chi connectivity index (χ2v) is 6.53. The van der Waals surface area contributed by atoms with Crippen molar-refractivity contribution < 1.29 is 9.53 Å². The molecule has 0 fully saturated rings. The molecule has 0 aliphatic rings.